The standard InChI is InChI=1S/C18H26N2O3/c1-3-4-5-14-7-9-15(10-8-14)18(21)19-17-12-16(20(22)23)11-6-13(17)2/h6,11-12,14-15H,3-5,7-10H2,1-2H3,(H,19,21). The number of nitrogens with zero attached hydrogens (tertiary/aromatic N) is 1. The fourth-order valence-corrected chi connectivity index (χ4v) is 3.30. The first-order valence-corrected chi connectivity index (χ1v) is 8.57. The number of nitro groups is 1. The summed E-state index contributed by atoms with van der Waals surface area (Å²) < 4.78 is 0. The minimum atomic E-state index is -0.436. The third-order valence-corrected chi connectivity index (χ3v) is 4.87. The molecule has 0 atom stereocenters. The molecule has 0 saturated heterocycles. The fraction of sp³-hybridized carbons (Fsp3) is 0.611. The number of non-ortho nitro benzene ring substituents is 1. The van der Waals surface area contributed by atoms with Crippen LogP contribution in [0.5, 0.6) is 0 Å². The molecule has 5 nitrogen and oxygen atoms in total. The molecule has 1 aliphatic carbocycles. The molecule has 1 fully saturated rings. The van der Waals surface area contributed by atoms with E-state index in [9.17, 15) is 14.9 Å². The summed E-state index contributed by atoms with van der Waals surface area (Å²) in [5.41, 5.74) is 1.41. The fourth-order valence-electron chi connectivity index (χ4n) is 3.30. The maximum Gasteiger partial charge on any atom is 0.271 e. The minimum Gasteiger partial charge on any atom is -0.325 e. The van der Waals surface area contributed by atoms with Gasteiger partial charge in [-0.05, 0) is 44.1 Å². The summed E-state index contributed by atoms with van der Waals surface area (Å²) >= 11 is 0. The van der Waals surface area contributed by atoms with Crippen molar-refractivity contribution in [2.75, 3.05) is 5.32 Å². The van der Waals surface area contributed by atoms with Gasteiger partial charge >= 0.3 is 0 Å². The van der Waals surface area contributed by atoms with E-state index in [0.29, 0.717) is 5.69 Å². The van der Waals surface area contributed by atoms with Crippen molar-refractivity contribution in [2.45, 2.75) is 58.8 Å². The van der Waals surface area contributed by atoms with Crippen molar-refractivity contribution in [2.24, 2.45) is 11.8 Å². The molecular weight excluding hydrogens is 292 g/mol. The molecule has 0 unspecified atom stereocenters. The molecule has 1 amide bonds. The van der Waals surface area contributed by atoms with Crippen molar-refractivity contribution in [3.8, 4) is 0 Å². The van der Waals surface area contributed by atoms with Crippen LogP contribution in [0.1, 0.15) is 57.4 Å². The summed E-state index contributed by atoms with van der Waals surface area (Å²) in [7, 11) is 0. The van der Waals surface area contributed by atoms with Crippen LogP contribution < -0.4 is 5.32 Å². The topological polar surface area (TPSA) is 72.2 Å². The number of rotatable bonds is 6. The number of amides is 1. The molecule has 23 heavy (non-hydrogen) atoms. The lowest BCUT2D eigenvalue weighted by atomic mass is 9.79. The number of carbonyl (C=O) groups excluding carboxylic acids is 1. The van der Waals surface area contributed by atoms with Gasteiger partial charge in [-0.3, -0.25) is 14.9 Å². The highest BCUT2D eigenvalue weighted by Gasteiger charge is 2.26. The normalized spacial score (nSPS) is 21.0. The first kappa shape index (κ1) is 17.4. The van der Waals surface area contributed by atoms with Crippen LogP contribution in [0.25, 0.3) is 0 Å². The van der Waals surface area contributed by atoms with Gasteiger partial charge in [-0.25, -0.2) is 0 Å². The number of benzene rings is 1. The Balaban J connectivity index is 1.93. The number of aryl methyl sites for hydroxylation is 1. The van der Waals surface area contributed by atoms with Crippen LogP contribution >= 0.6 is 0 Å². The SMILES string of the molecule is CCCCC1CCC(C(=O)Nc2cc([N+](=O)[O-])ccc2C)CC1. The van der Waals surface area contributed by atoms with E-state index in [4.69, 9.17) is 0 Å². The van der Waals surface area contributed by atoms with E-state index in [0.717, 1.165) is 37.2 Å². The monoisotopic (exact) mass is 318 g/mol. The van der Waals surface area contributed by atoms with Crippen LogP contribution in [0, 0.1) is 28.9 Å². The first-order chi connectivity index (χ1) is 11.0. The van der Waals surface area contributed by atoms with Crippen molar-refractivity contribution in [1.29, 1.82) is 0 Å². The first-order valence-electron chi connectivity index (χ1n) is 8.57. The highest BCUT2D eigenvalue weighted by atomic mass is 16.6. The Bertz CT molecular complexity index is 563. The molecule has 5 heteroatoms. The molecule has 1 aliphatic rings. The molecule has 0 radical (unpaired) electrons. The second-order valence-electron chi connectivity index (χ2n) is 6.61. The van der Waals surface area contributed by atoms with Crippen LogP contribution in [0.15, 0.2) is 18.2 Å². The van der Waals surface area contributed by atoms with Crippen LogP contribution in [0.4, 0.5) is 11.4 Å². The van der Waals surface area contributed by atoms with E-state index in [1.54, 1.807) is 6.07 Å². The predicted molar refractivity (Wildman–Crippen MR) is 91.4 cm³/mol. The molecule has 2 rings (SSSR count). The van der Waals surface area contributed by atoms with Crippen molar-refractivity contribution < 1.29 is 9.72 Å². The number of hydrogen-bond donors (Lipinski definition) is 1. The molecule has 1 N–H and O–H groups in total. The average molecular weight is 318 g/mol. The Labute approximate surface area is 137 Å². The molecule has 1 saturated carbocycles. The van der Waals surface area contributed by atoms with E-state index in [2.05, 4.69) is 12.2 Å². The summed E-state index contributed by atoms with van der Waals surface area (Å²) in [6, 6.07) is 4.58. The summed E-state index contributed by atoms with van der Waals surface area (Å²) in [5, 5.41) is 13.8. The Morgan fingerprint density at radius 3 is 2.61 bits per heavy atom. The Morgan fingerprint density at radius 2 is 2.00 bits per heavy atom. The van der Waals surface area contributed by atoms with Gasteiger partial charge in [0.2, 0.25) is 5.91 Å². The summed E-state index contributed by atoms with van der Waals surface area (Å²) in [4.78, 5) is 22.9. The molecule has 0 aliphatic heterocycles. The Morgan fingerprint density at radius 1 is 1.30 bits per heavy atom. The molecule has 0 aromatic heterocycles. The molecule has 0 bridgehead atoms. The number of nitrogens with one attached hydrogen (secondary N) is 1. The second kappa shape index (κ2) is 8.09. The predicted octanol–water partition coefficient (Wildman–Crippen LogP) is 4.84. The molecule has 0 spiro atoms. The molecule has 0 heterocycles. The van der Waals surface area contributed by atoms with Crippen molar-refractivity contribution >= 4 is 17.3 Å². The quantitative estimate of drug-likeness (QED) is 0.602. The summed E-state index contributed by atoms with van der Waals surface area (Å²) in [6.07, 6.45) is 7.86. The second-order valence-corrected chi connectivity index (χ2v) is 6.61. The molecule has 1 aromatic rings. The Kier molecular flexibility index (Phi) is 6.13. The highest BCUT2D eigenvalue weighted by molar-refractivity contribution is 5.93. The molecule has 126 valence electrons. The van der Waals surface area contributed by atoms with Gasteiger partial charge in [-0.15, -0.1) is 0 Å². The van der Waals surface area contributed by atoms with Crippen LogP contribution in [0.3, 0.4) is 0 Å². The largest absolute Gasteiger partial charge is 0.325 e. The van der Waals surface area contributed by atoms with Crippen molar-refractivity contribution in [1.82, 2.24) is 0 Å². The van der Waals surface area contributed by atoms with Gasteiger partial charge in [0.25, 0.3) is 5.69 Å². The van der Waals surface area contributed by atoms with Gasteiger partial charge in [0.15, 0.2) is 0 Å². The van der Waals surface area contributed by atoms with Crippen LogP contribution in [-0.2, 0) is 4.79 Å². The summed E-state index contributed by atoms with van der Waals surface area (Å²) in [5.74, 6) is 0.799. The zero-order chi connectivity index (χ0) is 16.8. The highest BCUT2D eigenvalue weighted by Crippen LogP contribution is 2.33. The number of hydrogen-bond acceptors (Lipinski definition) is 3. The maximum absolute atomic E-state index is 12.4. The van der Waals surface area contributed by atoms with Gasteiger partial charge in [0, 0.05) is 18.1 Å². The van der Waals surface area contributed by atoms with E-state index in [-0.39, 0.29) is 17.5 Å². The zero-order valence-electron chi connectivity index (χ0n) is 14.0. The lowest BCUT2D eigenvalue weighted by molar-refractivity contribution is -0.384. The third kappa shape index (κ3) is 4.78. The van der Waals surface area contributed by atoms with E-state index >= 15 is 0 Å². The van der Waals surface area contributed by atoms with Crippen LogP contribution in [-0.4, -0.2) is 10.8 Å². The van der Waals surface area contributed by atoms with Crippen molar-refractivity contribution in [3.05, 3.63) is 33.9 Å². The number of nitro benzene ring substituents is 1. The van der Waals surface area contributed by atoms with E-state index < -0.39 is 4.92 Å². The third-order valence-electron chi connectivity index (χ3n) is 4.87. The lowest BCUT2D eigenvalue weighted by Crippen LogP contribution is -2.27. The van der Waals surface area contributed by atoms with E-state index in [1.165, 1.54) is 31.4 Å². The minimum absolute atomic E-state index is 0.00235. The van der Waals surface area contributed by atoms with Gasteiger partial charge in [0.05, 0.1) is 10.6 Å². The van der Waals surface area contributed by atoms with Gasteiger partial charge < -0.3 is 5.32 Å². The van der Waals surface area contributed by atoms with Crippen LogP contribution in [0.2, 0.25) is 0 Å². The van der Waals surface area contributed by atoms with Gasteiger partial charge in [-0.1, -0.05) is 32.3 Å². The number of unbranched alkanes of at least 4 members (excludes halogenated alkanes) is 1. The van der Waals surface area contributed by atoms with Gasteiger partial charge in [0.1, 0.15) is 0 Å². The van der Waals surface area contributed by atoms with E-state index in [1.807, 2.05) is 6.92 Å². The maximum atomic E-state index is 12.4. The van der Waals surface area contributed by atoms with Gasteiger partial charge in [-0.2, -0.15) is 0 Å². The zero-order valence-corrected chi connectivity index (χ0v) is 14.0. The molecular formula is C18H26N2O3. The Hall–Kier alpha value is -1.91. The average Bonchev–Trinajstić information content (AvgIpc) is 2.55. The molecule has 1 aromatic carbocycles. The number of carbonyl (C=O) groups is 1. The smallest absolute Gasteiger partial charge is 0.271 e. The lowest BCUT2D eigenvalue weighted by Gasteiger charge is -2.27. The summed E-state index contributed by atoms with van der Waals surface area (Å²) in [6.45, 7) is 4.06. The van der Waals surface area contributed by atoms with Crippen molar-refractivity contribution in [3.63, 3.8) is 0 Å². The number of anilines is 1.